The van der Waals surface area contributed by atoms with Crippen LogP contribution in [0.3, 0.4) is 0 Å². The van der Waals surface area contributed by atoms with Crippen molar-refractivity contribution in [3.05, 3.63) is 43.2 Å². The Morgan fingerprint density at radius 1 is 1.33 bits per heavy atom. The van der Waals surface area contributed by atoms with E-state index in [2.05, 4.69) is 6.58 Å². The van der Waals surface area contributed by atoms with E-state index in [1.54, 1.807) is 12.4 Å². The Morgan fingerprint density at radius 2 is 1.87 bits per heavy atom. The Morgan fingerprint density at radius 3 is 2.07 bits per heavy atom. The van der Waals surface area contributed by atoms with Gasteiger partial charge in [0.2, 0.25) is 0 Å². The number of pyridine rings is 1. The number of carbonyl (C=O) groups is 2. The highest BCUT2D eigenvalue weighted by Crippen LogP contribution is 1.75. The molecule has 0 aromatic carbocycles. The van der Waals surface area contributed by atoms with Crippen molar-refractivity contribution >= 4 is 11.9 Å². The molecular formula is C11H13NO3. The molecule has 1 aromatic heterocycles. The molecule has 0 N–H and O–H groups in total. The smallest absolute Gasteiger partial charge is 0.389 e. The lowest BCUT2D eigenvalue weighted by Crippen LogP contribution is -2.38. The first kappa shape index (κ1) is 13.0. The predicted molar refractivity (Wildman–Crippen MR) is 52.8 cm³/mol. The van der Waals surface area contributed by atoms with Crippen LogP contribution in [0.2, 0.25) is 0 Å². The second kappa shape index (κ2) is 7.44. The van der Waals surface area contributed by atoms with Gasteiger partial charge in [0.15, 0.2) is 12.4 Å². The Kier molecular flexibility index (Phi) is 6.46. The molecule has 1 rings (SSSR count). The second-order valence-corrected chi connectivity index (χ2v) is 2.67. The predicted octanol–water partition coefficient (Wildman–Crippen LogP) is -0.0534. The van der Waals surface area contributed by atoms with Crippen molar-refractivity contribution < 1.29 is 19.3 Å². The van der Waals surface area contributed by atoms with Gasteiger partial charge in [-0.15, -0.1) is 11.1 Å². The summed E-state index contributed by atoms with van der Waals surface area (Å²) in [4.78, 5) is 20.0. The van der Waals surface area contributed by atoms with Crippen LogP contribution >= 0.6 is 0 Å². The van der Waals surface area contributed by atoms with Crippen LogP contribution in [0.25, 0.3) is 0 Å². The van der Waals surface area contributed by atoms with Crippen LogP contribution < -0.4 is 9.67 Å². The van der Waals surface area contributed by atoms with E-state index in [0.29, 0.717) is 0 Å². The van der Waals surface area contributed by atoms with Gasteiger partial charge in [-0.1, -0.05) is 12.1 Å². The van der Waals surface area contributed by atoms with Crippen molar-refractivity contribution in [2.24, 2.45) is 0 Å². The summed E-state index contributed by atoms with van der Waals surface area (Å²) in [6, 6.07) is 5.52. The van der Waals surface area contributed by atoms with Gasteiger partial charge in [-0.25, -0.2) is 4.79 Å². The number of aliphatic carboxylic acids is 1. The Labute approximate surface area is 88.5 Å². The molecule has 1 heterocycles. The van der Waals surface area contributed by atoms with E-state index < -0.39 is 5.97 Å². The molecule has 4 heteroatoms. The van der Waals surface area contributed by atoms with Gasteiger partial charge in [-0.3, -0.25) is 0 Å². The van der Waals surface area contributed by atoms with E-state index in [1.807, 2.05) is 18.2 Å². The lowest BCUT2D eigenvalue weighted by atomic mass is 10.4. The summed E-state index contributed by atoms with van der Waals surface area (Å²) < 4.78 is 1.53. The normalized spacial score (nSPS) is 8.33. The van der Waals surface area contributed by atoms with Crippen LogP contribution in [0.4, 0.5) is 0 Å². The van der Waals surface area contributed by atoms with Crippen LogP contribution in [-0.2, 0) is 4.79 Å². The zero-order valence-electron chi connectivity index (χ0n) is 8.55. The Balaban J connectivity index is 0.000000288. The largest absolute Gasteiger partial charge is 0.550 e. The Hall–Kier alpha value is -1.97. The van der Waals surface area contributed by atoms with Crippen molar-refractivity contribution in [3.63, 3.8) is 0 Å². The van der Waals surface area contributed by atoms with Crippen LogP contribution in [0.5, 0.6) is 0 Å². The van der Waals surface area contributed by atoms with E-state index in [9.17, 15) is 14.7 Å². The number of nitrogens with zero attached hydrogens (tertiary/aromatic N) is 1. The molecule has 0 aliphatic carbocycles. The number of hydrogen-bond donors (Lipinski definition) is 0. The standard InChI is InChI=1S/C7H8NO.C4H6O2/c1-7(9)8-5-3-2-4-6-8;1-2-3-4(5)6/h2-6H,1H3;2H,1,3H2,(H,5,6)/q+1;/p-1. The highest BCUT2D eigenvalue weighted by molar-refractivity contribution is 5.65. The van der Waals surface area contributed by atoms with E-state index >= 15 is 0 Å². The third kappa shape index (κ3) is 7.13. The molecule has 15 heavy (non-hydrogen) atoms. The van der Waals surface area contributed by atoms with Gasteiger partial charge in [0.25, 0.3) is 0 Å². The number of aromatic nitrogens is 1. The van der Waals surface area contributed by atoms with Crippen LogP contribution in [0.1, 0.15) is 18.1 Å². The zero-order valence-corrected chi connectivity index (χ0v) is 8.55. The fourth-order valence-corrected chi connectivity index (χ4v) is 0.726. The SMILES string of the molecule is C=CCC(=O)[O-].CC(=O)[n+]1ccccc1. The molecule has 0 atom stereocenters. The summed E-state index contributed by atoms with van der Waals surface area (Å²) in [6.07, 6.45) is 4.68. The summed E-state index contributed by atoms with van der Waals surface area (Å²) in [7, 11) is 0. The maximum absolute atomic E-state index is 10.6. The minimum absolute atomic E-state index is 0.0376. The molecule has 0 radical (unpaired) electrons. The summed E-state index contributed by atoms with van der Waals surface area (Å²) in [5.74, 6) is -1.04. The topological polar surface area (TPSA) is 61.1 Å². The van der Waals surface area contributed by atoms with Crippen LogP contribution in [0, 0.1) is 0 Å². The van der Waals surface area contributed by atoms with E-state index in [4.69, 9.17) is 0 Å². The number of carboxylic acids is 1. The third-order valence-corrected chi connectivity index (χ3v) is 1.39. The lowest BCUT2D eigenvalue weighted by molar-refractivity contribution is -0.572. The van der Waals surface area contributed by atoms with E-state index in [0.717, 1.165) is 0 Å². The van der Waals surface area contributed by atoms with Gasteiger partial charge in [0.1, 0.15) is 0 Å². The highest BCUT2D eigenvalue weighted by Gasteiger charge is 2.01. The first-order chi connectivity index (χ1) is 7.07. The number of rotatable bonds is 2. The molecule has 0 spiro atoms. The monoisotopic (exact) mass is 207 g/mol. The van der Waals surface area contributed by atoms with Crippen LogP contribution in [0.15, 0.2) is 43.2 Å². The molecule has 1 aromatic rings. The molecule has 0 fully saturated rings. The third-order valence-electron chi connectivity index (χ3n) is 1.39. The molecule has 0 saturated carbocycles. The first-order valence-electron chi connectivity index (χ1n) is 4.36. The average molecular weight is 207 g/mol. The minimum Gasteiger partial charge on any atom is -0.550 e. The molecule has 0 amide bonds. The van der Waals surface area contributed by atoms with E-state index in [1.165, 1.54) is 17.6 Å². The summed E-state index contributed by atoms with van der Waals surface area (Å²) >= 11 is 0. The van der Waals surface area contributed by atoms with Gasteiger partial charge >= 0.3 is 5.91 Å². The van der Waals surface area contributed by atoms with Crippen molar-refractivity contribution in [3.8, 4) is 0 Å². The summed E-state index contributed by atoms with van der Waals surface area (Å²) in [5.41, 5.74) is 0. The van der Waals surface area contributed by atoms with Gasteiger partial charge in [-0.2, -0.15) is 0 Å². The van der Waals surface area contributed by atoms with Gasteiger partial charge in [0, 0.05) is 24.5 Å². The Bertz CT molecular complexity index is 333. The van der Waals surface area contributed by atoms with E-state index in [-0.39, 0.29) is 12.3 Å². The van der Waals surface area contributed by atoms with Crippen LogP contribution in [-0.4, -0.2) is 11.9 Å². The van der Waals surface area contributed by atoms with Crippen molar-refractivity contribution in [2.75, 3.05) is 0 Å². The molecule has 0 unspecified atom stereocenters. The fourth-order valence-electron chi connectivity index (χ4n) is 0.726. The maximum Gasteiger partial charge on any atom is 0.389 e. The molecule has 0 saturated heterocycles. The number of carbonyl (C=O) groups excluding carboxylic acids is 2. The number of carboxylic acid groups (broad SMARTS) is 1. The molecule has 0 aliphatic rings. The summed E-state index contributed by atoms with van der Waals surface area (Å²) in [5, 5.41) is 9.42. The van der Waals surface area contributed by atoms with Crippen molar-refractivity contribution in [2.45, 2.75) is 13.3 Å². The van der Waals surface area contributed by atoms with Crippen molar-refractivity contribution in [1.82, 2.24) is 0 Å². The molecule has 0 aliphatic heterocycles. The molecule has 0 bridgehead atoms. The van der Waals surface area contributed by atoms with Gasteiger partial charge in [0.05, 0.1) is 6.92 Å². The highest BCUT2D eigenvalue weighted by atomic mass is 16.4. The van der Waals surface area contributed by atoms with Gasteiger partial charge < -0.3 is 9.90 Å². The molecular weight excluding hydrogens is 194 g/mol. The van der Waals surface area contributed by atoms with Crippen molar-refractivity contribution in [1.29, 1.82) is 0 Å². The fraction of sp³-hybridized carbons (Fsp3) is 0.182. The lowest BCUT2D eigenvalue weighted by Gasteiger charge is -1.89. The first-order valence-corrected chi connectivity index (χ1v) is 4.36. The maximum atomic E-state index is 10.6. The molecule has 4 nitrogen and oxygen atoms in total. The quantitative estimate of drug-likeness (QED) is 0.504. The zero-order chi connectivity index (χ0) is 11.7. The minimum atomic E-state index is -1.08. The van der Waals surface area contributed by atoms with Gasteiger partial charge in [-0.05, 0) is 0 Å². The summed E-state index contributed by atoms with van der Waals surface area (Å²) in [6.45, 7) is 4.71. The second-order valence-electron chi connectivity index (χ2n) is 2.67. The molecule has 80 valence electrons. The average Bonchev–Trinajstić information content (AvgIpc) is 2.20. The number of hydrogen-bond acceptors (Lipinski definition) is 3.